The summed E-state index contributed by atoms with van der Waals surface area (Å²) < 4.78 is 0. The molecule has 9 nitrogen and oxygen atoms in total. The third-order valence-electron chi connectivity index (χ3n) is 7.01. The van der Waals surface area contributed by atoms with E-state index in [1.54, 1.807) is 44.3 Å². The summed E-state index contributed by atoms with van der Waals surface area (Å²) in [4.78, 5) is 56.5. The van der Waals surface area contributed by atoms with Gasteiger partial charge in [0.25, 0.3) is 11.8 Å². The van der Waals surface area contributed by atoms with E-state index in [2.05, 4.69) is 5.32 Å². The molecule has 2 aromatic carbocycles. The van der Waals surface area contributed by atoms with Crippen LogP contribution >= 0.6 is 0 Å². The van der Waals surface area contributed by atoms with E-state index in [1.807, 2.05) is 18.2 Å². The lowest BCUT2D eigenvalue weighted by molar-refractivity contribution is -0.142. The van der Waals surface area contributed by atoms with E-state index in [-0.39, 0.29) is 24.8 Å². The lowest BCUT2D eigenvalue weighted by Gasteiger charge is -2.31. The molecule has 2 aromatic rings. The first kappa shape index (κ1) is 22.1. The van der Waals surface area contributed by atoms with Gasteiger partial charge in [-0.1, -0.05) is 36.4 Å². The SMILES string of the molecule is C[C@@H](C(=O)N1C[C@H](O)C[C@H]1C(=O)NC1C(=O)N(C)c2ccccc21)N1Cc2ccccc2C1=O. The van der Waals surface area contributed by atoms with Crippen molar-refractivity contribution >= 4 is 29.3 Å². The summed E-state index contributed by atoms with van der Waals surface area (Å²) in [6.45, 7) is 1.94. The Morgan fingerprint density at radius 3 is 2.56 bits per heavy atom. The number of nitrogens with zero attached hydrogens (tertiary/aromatic N) is 3. The third-order valence-corrected chi connectivity index (χ3v) is 7.01. The van der Waals surface area contributed by atoms with Crippen molar-refractivity contribution in [2.24, 2.45) is 0 Å². The van der Waals surface area contributed by atoms with Gasteiger partial charge in [-0.3, -0.25) is 19.2 Å². The van der Waals surface area contributed by atoms with E-state index in [0.717, 1.165) is 11.3 Å². The smallest absolute Gasteiger partial charge is 0.255 e. The Bertz CT molecular complexity index is 1200. The predicted molar refractivity (Wildman–Crippen MR) is 123 cm³/mol. The maximum absolute atomic E-state index is 13.4. The molecule has 0 aromatic heterocycles. The number of benzene rings is 2. The molecule has 0 spiro atoms. The molecule has 1 unspecified atom stereocenters. The van der Waals surface area contributed by atoms with Crippen molar-refractivity contribution in [3.05, 3.63) is 65.2 Å². The van der Waals surface area contributed by atoms with Gasteiger partial charge in [0.05, 0.1) is 6.10 Å². The zero-order valence-electron chi connectivity index (χ0n) is 19.0. The Labute approximate surface area is 196 Å². The van der Waals surface area contributed by atoms with Gasteiger partial charge >= 0.3 is 0 Å². The van der Waals surface area contributed by atoms with Gasteiger partial charge in [-0.05, 0) is 24.6 Å². The molecule has 4 amide bonds. The van der Waals surface area contributed by atoms with Gasteiger partial charge in [0.1, 0.15) is 18.1 Å². The highest BCUT2D eigenvalue weighted by molar-refractivity contribution is 6.06. The molecule has 3 aliphatic heterocycles. The van der Waals surface area contributed by atoms with Crippen molar-refractivity contribution in [3.8, 4) is 0 Å². The first-order chi connectivity index (χ1) is 16.3. The fourth-order valence-corrected chi connectivity index (χ4v) is 5.13. The molecule has 34 heavy (non-hydrogen) atoms. The van der Waals surface area contributed by atoms with Crippen LogP contribution in [0, 0.1) is 0 Å². The zero-order chi connectivity index (χ0) is 24.1. The lowest BCUT2D eigenvalue weighted by Crippen LogP contribution is -2.53. The standard InChI is InChI=1S/C25H26N4O5/c1-14(28-12-15-7-3-4-8-17(15)24(28)33)23(32)29-13-16(30)11-20(29)22(31)26-21-18-9-5-6-10-19(18)27(2)25(21)34/h3-10,14,16,20-21,30H,11-13H2,1-2H3,(H,26,31)/t14-,16+,20-,21?/m0/s1. The molecule has 176 valence electrons. The van der Waals surface area contributed by atoms with Gasteiger partial charge in [-0.15, -0.1) is 0 Å². The maximum atomic E-state index is 13.4. The number of anilines is 1. The second-order valence-electron chi connectivity index (χ2n) is 9.06. The van der Waals surface area contributed by atoms with E-state index in [0.29, 0.717) is 17.7 Å². The van der Waals surface area contributed by atoms with E-state index >= 15 is 0 Å². The summed E-state index contributed by atoms with van der Waals surface area (Å²) in [7, 11) is 1.65. The zero-order valence-corrected chi connectivity index (χ0v) is 19.0. The number of hydrogen-bond acceptors (Lipinski definition) is 5. The van der Waals surface area contributed by atoms with Gasteiger partial charge in [-0.25, -0.2) is 0 Å². The molecule has 0 saturated carbocycles. The normalized spacial score (nSPS) is 24.3. The van der Waals surface area contributed by atoms with Gasteiger partial charge in [-0.2, -0.15) is 0 Å². The molecule has 3 heterocycles. The van der Waals surface area contributed by atoms with Crippen LogP contribution in [0.4, 0.5) is 5.69 Å². The molecule has 0 bridgehead atoms. The highest BCUT2D eigenvalue weighted by Gasteiger charge is 2.45. The number of amides is 4. The highest BCUT2D eigenvalue weighted by atomic mass is 16.3. The average Bonchev–Trinajstić information content (AvgIpc) is 3.47. The van der Waals surface area contributed by atoms with Gasteiger partial charge in [0, 0.05) is 43.4 Å². The summed E-state index contributed by atoms with van der Waals surface area (Å²) in [6, 6.07) is 11.8. The molecule has 0 aliphatic carbocycles. The van der Waals surface area contributed by atoms with Crippen molar-refractivity contribution in [2.75, 3.05) is 18.5 Å². The van der Waals surface area contributed by atoms with Crippen LogP contribution in [0.3, 0.4) is 0 Å². The first-order valence-electron chi connectivity index (χ1n) is 11.3. The van der Waals surface area contributed by atoms with Crippen LogP contribution in [0.15, 0.2) is 48.5 Å². The third kappa shape index (κ3) is 3.43. The summed E-state index contributed by atoms with van der Waals surface area (Å²) in [5.41, 5.74) is 2.83. The minimum absolute atomic E-state index is 0.00859. The number of para-hydroxylation sites is 1. The predicted octanol–water partition coefficient (Wildman–Crippen LogP) is 0.827. The number of likely N-dealkylation sites (tertiary alicyclic amines) is 1. The number of nitrogens with one attached hydrogen (secondary N) is 1. The van der Waals surface area contributed by atoms with Crippen molar-refractivity contribution in [3.63, 3.8) is 0 Å². The van der Waals surface area contributed by atoms with E-state index < -0.39 is 36.0 Å². The maximum Gasteiger partial charge on any atom is 0.255 e. The van der Waals surface area contributed by atoms with Gasteiger partial charge < -0.3 is 25.1 Å². The molecule has 0 radical (unpaired) electrons. The van der Waals surface area contributed by atoms with E-state index in [9.17, 15) is 24.3 Å². The number of aliphatic hydroxyl groups is 1. The monoisotopic (exact) mass is 462 g/mol. The molecular formula is C25H26N4O5. The lowest BCUT2D eigenvalue weighted by atomic mass is 10.1. The number of β-amino-alcohol motifs (C(OH)–C–C–N with tert-alkyl or cyclic N) is 1. The second kappa shape index (κ2) is 8.25. The van der Waals surface area contributed by atoms with E-state index in [4.69, 9.17) is 0 Å². The Kier molecular flexibility index (Phi) is 5.36. The molecule has 3 aliphatic rings. The Morgan fingerprint density at radius 1 is 1.09 bits per heavy atom. The number of rotatable bonds is 4. The average molecular weight is 463 g/mol. The molecule has 5 rings (SSSR count). The van der Waals surface area contributed by atoms with Crippen molar-refractivity contribution in [1.29, 1.82) is 0 Å². The minimum atomic E-state index is -0.934. The fraction of sp³-hybridized carbons (Fsp3) is 0.360. The Morgan fingerprint density at radius 2 is 1.79 bits per heavy atom. The number of fused-ring (bicyclic) bond motifs is 2. The number of aliphatic hydroxyl groups excluding tert-OH is 1. The summed E-state index contributed by atoms with van der Waals surface area (Å²) in [6.07, 6.45) is -0.802. The Hall–Kier alpha value is -3.72. The highest BCUT2D eigenvalue weighted by Crippen LogP contribution is 2.35. The van der Waals surface area contributed by atoms with E-state index in [1.165, 1.54) is 14.7 Å². The van der Waals surface area contributed by atoms with Crippen molar-refractivity contribution in [2.45, 2.75) is 44.1 Å². The number of hydrogen-bond donors (Lipinski definition) is 2. The molecular weight excluding hydrogens is 436 g/mol. The van der Waals surface area contributed by atoms with Crippen LogP contribution in [0.2, 0.25) is 0 Å². The largest absolute Gasteiger partial charge is 0.391 e. The molecule has 1 fully saturated rings. The minimum Gasteiger partial charge on any atom is -0.391 e. The Balaban J connectivity index is 1.33. The number of carbonyl (C=O) groups is 4. The molecule has 1 saturated heterocycles. The van der Waals surface area contributed by atoms with Crippen LogP contribution in [0.5, 0.6) is 0 Å². The summed E-state index contributed by atoms with van der Waals surface area (Å²) in [5, 5.41) is 13.1. The molecule has 2 N–H and O–H groups in total. The summed E-state index contributed by atoms with van der Waals surface area (Å²) in [5.74, 6) is -1.40. The topological polar surface area (TPSA) is 110 Å². The number of likely N-dealkylation sites (N-methyl/N-ethyl adjacent to an activating group) is 1. The van der Waals surface area contributed by atoms with Crippen molar-refractivity contribution in [1.82, 2.24) is 15.1 Å². The van der Waals surface area contributed by atoms with Crippen LogP contribution in [-0.4, -0.2) is 70.3 Å². The van der Waals surface area contributed by atoms with Crippen LogP contribution in [0.1, 0.15) is 40.9 Å². The quantitative estimate of drug-likeness (QED) is 0.699. The van der Waals surface area contributed by atoms with Crippen molar-refractivity contribution < 1.29 is 24.3 Å². The molecule has 4 atom stereocenters. The second-order valence-corrected chi connectivity index (χ2v) is 9.06. The van der Waals surface area contributed by atoms with Gasteiger partial charge in [0.2, 0.25) is 11.8 Å². The van der Waals surface area contributed by atoms with Crippen LogP contribution in [-0.2, 0) is 20.9 Å². The summed E-state index contributed by atoms with van der Waals surface area (Å²) >= 11 is 0. The molecule has 9 heteroatoms. The van der Waals surface area contributed by atoms with Gasteiger partial charge in [0.15, 0.2) is 0 Å². The van der Waals surface area contributed by atoms with Crippen LogP contribution in [0.25, 0.3) is 0 Å². The fourth-order valence-electron chi connectivity index (χ4n) is 5.13. The van der Waals surface area contributed by atoms with Crippen LogP contribution < -0.4 is 10.2 Å². The first-order valence-corrected chi connectivity index (χ1v) is 11.3. The number of carbonyl (C=O) groups excluding carboxylic acids is 4.